The van der Waals surface area contributed by atoms with E-state index in [1.165, 1.54) is 71.4 Å². The van der Waals surface area contributed by atoms with Crippen LogP contribution in [0.5, 0.6) is 0 Å². The summed E-state index contributed by atoms with van der Waals surface area (Å²) in [6.07, 6.45) is 10.7. The first-order chi connectivity index (χ1) is 15.1. The highest BCUT2D eigenvalue weighted by Crippen LogP contribution is 2.21. The Labute approximate surface area is 184 Å². The highest BCUT2D eigenvalue weighted by molar-refractivity contribution is 5.91. The zero-order valence-corrected chi connectivity index (χ0v) is 18.7. The fourth-order valence-corrected chi connectivity index (χ4v) is 4.70. The molecule has 0 radical (unpaired) electrons. The molecule has 4 rings (SSSR count). The predicted octanol–water partition coefficient (Wildman–Crippen LogP) is 3.02. The van der Waals surface area contributed by atoms with E-state index in [9.17, 15) is 10.0 Å². The number of piperidine rings is 1. The van der Waals surface area contributed by atoms with Gasteiger partial charge in [0.15, 0.2) is 0 Å². The monoisotopic (exact) mass is 425 g/mol. The van der Waals surface area contributed by atoms with Crippen LogP contribution in [0.25, 0.3) is 17.1 Å². The van der Waals surface area contributed by atoms with Crippen molar-refractivity contribution in [2.45, 2.75) is 45.1 Å². The summed E-state index contributed by atoms with van der Waals surface area (Å²) in [6.45, 7) is 7.93. The molecule has 0 atom stereocenters. The van der Waals surface area contributed by atoms with E-state index in [0.29, 0.717) is 5.06 Å². The fraction of sp³-hybridized carbons (Fsp3) is 0.583. The highest BCUT2D eigenvalue weighted by Gasteiger charge is 2.17. The Hall–Kier alpha value is -2.22. The number of hydrogen-bond acceptors (Lipinski definition) is 5. The number of aromatic nitrogens is 2. The predicted molar refractivity (Wildman–Crippen MR) is 123 cm³/mol. The Balaban J connectivity index is 1.54. The van der Waals surface area contributed by atoms with Gasteiger partial charge in [0.1, 0.15) is 5.82 Å². The topological polar surface area (TPSA) is 64.8 Å². The average Bonchev–Trinajstić information content (AvgIpc) is 3.42. The first kappa shape index (κ1) is 22.0. The lowest BCUT2D eigenvalue weighted by Crippen LogP contribution is -2.32. The molecule has 1 aromatic carbocycles. The van der Waals surface area contributed by atoms with Crippen molar-refractivity contribution in [1.82, 2.24) is 24.4 Å². The smallest absolute Gasteiger partial charge is 0.269 e. The normalized spacial score (nSPS) is 18.4. The van der Waals surface area contributed by atoms with E-state index >= 15 is 0 Å². The molecule has 7 heteroatoms. The molecule has 1 amide bonds. The van der Waals surface area contributed by atoms with E-state index in [1.54, 1.807) is 6.08 Å². The lowest BCUT2D eigenvalue weighted by atomic mass is 10.1. The molecule has 0 unspecified atom stereocenters. The molecule has 1 aromatic heterocycles. The molecule has 2 aliphatic rings. The van der Waals surface area contributed by atoms with Crippen molar-refractivity contribution in [3.05, 3.63) is 35.7 Å². The number of fused-ring (bicyclic) bond motifs is 1. The van der Waals surface area contributed by atoms with Crippen molar-refractivity contribution in [3.63, 3.8) is 0 Å². The summed E-state index contributed by atoms with van der Waals surface area (Å²) in [5.74, 6) is 0.713. The van der Waals surface area contributed by atoms with Crippen LogP contribution < -0.4 is 0 Å². The number of carbonyl (C=O) groups excluding carboxylic acids is 1. The Bertz CT molecular complexity index is 908. The van der Waals surface area contributed by atoms with E-state index in [4.69, 9.17) is 4.98 Å². The number of hydrogen-bond donors (Lipinski definition) is 1. The number of nitrogens with zero attached hydrogens (tertiary/aromatic N) is 5. The largest absolute Gasteiger partial charge is 0.327 e. The zero-order valence-electron chi connectivity index (χ0n) is 18.7. The van der Waals surface area contributed by atoms with Gasteiger partial charge in [0.2, 0.25) is 0 Å². The Morgan fingerprint density at radius 3 is 2.42 bits per heavy atom. The average molecular weight is 426 g/mol. The second-order valence-corrected chi connectivity index (χ2v) is 8.82. The van der Waals surface area contributed by atoms with Crippen LogP contribution in [-0.2, 0) is 17.8 Å². The summed E-state index contributed by atoms with van der Waals surface area (Å²) < 4.78 is 2.40. The van der Waals surface area contributed by atoms with Crippen LogP contribution in [0.15, 0.2) is 24.3 Å². The summed E-state index contributed by atoms with van der Waals surface area (Å²) >= 11 is 0. The van der Waals surface area contributed by atoms with Gasteiger partial charge in [0.25, 0.3) is 5.91 Å². The van der Waals surface area contributed by atoms with Crippen LogP contribution in [0.4, 0.5) is 0 Å². The van der Waals surface area contributed by atoms with Crippen molar-refractivity contribution in [2.24, 2.45) is 0 Å². The van der Waals surface area contributed by atoms with Crippen LogP contribution in [0.3, 0.4) is 0 Å². The molecule has 2 aliphatic heterocycles. The number of carbonyl (C=O) groups is 1. The van der Waals surface area contributed by atoms with E-state index in [2.05, 4.69) is 20.4 Å². The van der Waals surface area contributed by atoms with Crippen LogP contribution in [0.1, 0.15) is 43.5 Å². The van der Waals surface area contributed by atoms with Crippen molar-refractivity contribution in [3.8, 4) is 0 Å². The van der Waals surface area contributed by atoms with Gasteiger partial charge in [-0.15, -0.1) is 0 Å². The van der Waals surface area contributed by atoms with E-state index < -0.39 is 5.91 Å². The number of imidazole rings is 1. The molecule has 0 saturated carbocycles. The second kappa shape index (κ2) is 10.4. The zero-order chi connectivity index (χ0) is 21.6. The van der Waals surface area contributed by atoms with Crippen molar-refractivity contribution in [2.75, 3.05) is 46.3 Å². The summed E-state index contributed by atoms with van der Waals surface area (Å²) in [5.41, 5.74) is 3.05. The second-order valence-electron chi connectivity index (χ2n) is 8.82. The highest BCUT2D eigenvalue weighted by atomic mass is 16.5. The van der Waals surface area contributed by atoms with Crippen LogP contribution in [-0.4, -0.2) is 81.8 Å². The molecule has 3 heterocycles. The molecule has 2 aromatic rings. The molecular weight excluding hydrogens is 390 g/mol. The van der Waals surface area contributed by atoms with Crippen molar-refractivity contribution >= 4 is 23.0 Å². The van der Waals surface area contributed by atoms with Gasteiger partial charge in [-0.25, -0.2) is 10.0 Å². The minimum Gasteiger partial charge on any atom is -0.327 e. The molecule has 31 heavy (non-hydrogen) atoms. The molecule has 7 nitrogen and oxygen atoms in total. The number of likely N-dealkylation sites (N-methyl/N-ethyl adjacent to an activating group) is 1. The number of hydroxylamine groups is 2. The Morgan fingerprint density at radius 2 is 1.71 bits per heavy atom. The minimum atomic E-state index is -0.446. The number of benzene rings is 1. The van der Waals surface area contributed by atoms with E-state index in [0.717, 1.165) is 48.5 Å². The number of rotatable bonds is 8. The van der Waals surface area contributed by atoms with Gasteiger partial charge >= 0.3 is 0 Å². The Morgan fingerprint density at radius 1 is 1.03 bits per heavy atom. The maximum atomic E-state index is 11.6. The molecule has 168 valence electrons. The van der Waals surface area contributed by atoms with Gasteiger partial charge in [0.05, 0.1) is 11.0 Å². The molecule has 0 aliphatic carbocycles. The van der Waals surface area contributed by atoms with Crippen LogP contribution >= 0.6 is 0 Å². The van der Waals surface area contributed by atoms with Gasteiger partial charge in [-0.1, -0.05) is 12.5 Å². The minimum absolute atomic E-state index is 0.446. The Kier molecular flexibility index (Phi) is 7.37. The molecule has 2 saturated heterocycles. The van der Waals surface area contributed by atoms with Gasteiger partial charge in [-0.05, 0) is 75.6 Å². The van der Waals surface area contributed by atoms with E-state index in [1.807, 2.05) is 12.1 Å². The molecule has 2 fully saturated rings. The third-order valence-electron chi connectivity index (χ3n) is 6.53. The summed E-state index contributed by atoms with van der Waals surface area (Å²) in [5, 5.41) is 9.82. The van der Waals surface area contributed by atoms with Gasteiger partial charge in [-0.2, -0.15) is 0 Å². The van der Waals surface area contributed by atoms with Gasteiger partial charge in [0, 0.05) is 39.2 Å². The molecule has 1 N–H and O–H groups in total. The van der Waals surface area contributed by atoms with Crippen LogP contribution in [0, 0.1) is 0 Å². The lowest BCUT2D eigenvalue weighted by molar-refractivity contribution is -0.153. The van der Waals surface area contributed by atoms with Gasteiger partial charge in [-0.3, -0.25) is 10.0 Å². The van der Waals surface area contributed by atoms with Crippen molar-refractivity contribution < 1.29 is 10.0 Å². The fourth-order valence-electron chi connectivity index (χ4n) is 4.70. The van der Waals surface area contributed by atoms with Crippen molar-refractivity contribution in [1.29, 1.82) is 0 Å². The number of likely N-dealkylation sites (tertiary alicyclic amines) is 2. The maximum Gasteiger partial charge on any atom is 0.269 e. The molecular formula is C24H35N5O2. The third kappa shape index (κ3) is 5.73. The summed E-state index contributed by atoms with van der Waals surface area (Å²) in [6, 6.07) is 6.17. The first-order valence-electron chi connectivity index (χ1n) is 11.7. The molecule has 0 spiro atoms. The maximum absolute atomic E-state index is 11.6. The number of amides is 1. The SMILES string of the molecule is CN(O)C(=O)C=Cc1ccc2c(c1)nc(CCN1CCCCC1)n2CCN1CCCC1. The van der Waals surface area contributed by atoms with E-state index in [-0.39, 0.29) is 0 Å². The van der Waals surface area contributed by atoms with Crippen LogP contribution in [0.2, 0.25) is 0 Å². The summed E-state index contributed by atoms with van der Waals surface area (Å²) in [7, 11) is 1.33. The first-order valence-corrected chi connectivity index (χ1v) is 11.7. The quantitative estimate of drug-likeness (QED) is 0.400. The van der Waals surface area contributed by atoms with Gasteiger partial charge < -0.3 is 14.4 Å². The lowest BCUT2D eigenvalue weighted by Gasteiger charge is -2.26. The third-order valence-corrected chi connectivity index (χ3v) is 6.53. The standard InChI is InChI=1S/C24H35N5O2/c1-26(31)24(30)10-8-20-7-9-22-21(19-20)25-23(11-16-27-12-3-2-4-13-27)29(22)18-17-28-14-5-6-15-28/h7-10,19,31H,2-6,11-18H2,1H3. The molecule has 0 bridgehead atoms. The summed E-state index contributed by atoms with van der Waals surface area (Å²) in [4.78, 5) is 21.8.